The first-order valence-electron chi connectivity index (χ1n) is 6.89. The van der Waals surface area contributed by atoms with Gasteiger partial charge in [0, 0.05) is 25.5 Å². The molecule has 0 spiro atoms. The molecule has 6 heteroatoms. The number of alkyl halides is 1. The molecule has 3 rings (SSSR count). The number of ether oxygens (including phenoxy) is 1. The third kappa shape index (κ3) is 2.84. The Kier molecular flexibility index (Phi) is 4.03. The summed E-state index contributed by atoms with van der Waals surface area (Å²) in [5.41, 5.74) is 1.92. The average Bonchev–Trinajstić information content (AvgIpc) is 2.53. The van der Waals surface area contributed by atoms with Crippen molar-refractivity contribution in [1.29, 1.82) is 0 Å². The van der Waals surface area contributed by atoms with Crippen LogP contribution in [0.3, 0.4) is 0 Å². The maximum absolute atomic E-state index is 12.8. The van der Waals surface area contributed by atoms with Crippen molar-refractivity contribution < 1.29 is 9.53 Å². The number of nitrogens with zero attached hydrogens (tertiary/aromatic N) is 3. The standard InChI is InChI=1S/C15H16ClN3O2/c1-10-8-19(9-11(7-16)21-10)15(20)12-3-2-4-13-14(12)18-6-5-17-13/h2-6,10-11H,7-9H2,1H3. The van der Waals surface area contributed by atoms with Gasteiger partial charge in [0.05, 0.1) is 29.2 Å². The lowest BCUT2D eigenvalue weighted by Crippen LogP contribution is -2.49. The van der Waals surface area contributed by atoms with E-state index in [1.807, 2.05) is 19.1 Å². The van der Waals surface area contributed by atoms with Crippen LogP contribution < -0.4 is 0 Å². The van der Waals surface area contributed by atoms with Crippen LogP contribution in [0.25, 0.3) is 11.0 Å². The lowest BCUT2D eigenvalue weighted by molar-refractivity contribution is -0.0570. The summed E-state index contributed by atoms with van der Waals surface area (Å²) in [6, 6.07) is 5.46. The first-order chi connectivity index (χ1) is 10.2. The molecule has 21 heavy (non-hydrogen) atoms. The molecule has 0 radical (unpaired) electrons. The van der Waals surface area contributed by atoms with Gasteiger partial charge in [-0.1, -0.05) is 6.07 Å². The van der Waals surface area contributed by atoms with Gasteiger partial charge in [-0.2, -0.15) is 0 Å². The molecule has 110 valence electrons. The molecule has 0 aliphatic carbocycles. The van der Waals surface area contributed by atoms with Gasteiger partial charge in [0.1, 0.15) is 5.52 Å². The highest BCUT2D eigenvalue weighted by Crippen LogP contribution is 2.19. The van der Waals surface area contributed by atoms with E-state index in [1.165, 1.54) is 0 Å². The fourth-order valence-electron chi connectivity index (χ4n) is 2.63. The summed E-state index contributed by atoms with van der Waals surface area (Å²) in [7, 11) is 0. The summed E-state index contributed by atoms with van der Waals surface area (Å²) in [5, 5.41) is 0. The Bertz CT molecular complexity index is 659. The molecule has 2 unspecified atom stereocenters. The lowest BCUT2D eigenvalue weighted by Gasteiger charge is -2.36. The molecule has 1 aromatic heterocycles. The molecule has 0 saturated carbocycles. The van der Waals surface area contributed by atoms with Crippen LogP contribution in [0.5, 0.6) is 0 Å². The van der Waals surface area contributed by atoms with Crippen molar-refractivity contribution in [3.63, 3.8) is 0 Å². The van der Waals surface area contributed by atoms with Crippen LogP contribution in [0.1, 0.15) is 17.3 Å². The molecule has 1 saturated heterocycles. The van der Waals surface area contributed by atoms with E-state index in [4.69, 9.17) is 16.3 Å². The molecule has 0 bridgehead atoms. The SMILES string of the molecule is CC1CN(C(=O)c2cccc3nccnc23)CC(CCl)O1. The molecular formula is C15H16ClN3O2. The number of amides is 1. The Morgan fingerprint density at radius 3 is 3.00 bits per heavy atom. The van der Waals surface area contributed by atoms with Crippen LogP contribution >= 0.6 is 11.6 Å². The number of morpholine rings is 1. The number of aromatic nitrogens is 2. The van der Waals surface area contributed by atoms with E-state index in [0.29, 0.717) is 30.0 Å². The monoisotopic (exact) mass is 305 g/mol. The number of fused-ring (bicyclic) bond motifs is 1. The van der Waals surface area contributed by atoms with Crippen LogP contribution in [0.2, 0.25) is 0 Å². The zero-order chi connectivity index (χ0) is 14.8. The van der Waals surface area contributed by atoms with Crippen LogP contribution in [0, 0.1) is 0 Å². The molecule has 5 nitrogen and oxygen atoms in total. The van der Waals surface area contributed by atoms with E-state index in [1.54, 1.807) is 23.4 Å². The fourth-order valence-corrected chi connectivity index (χ4v) is 2.80. The van der Waals surface area contributed by atoms with Crippen molar-refractivity contribution in [2.45, 2.75) is 19.1 Å². The van der Waals surface area contributed by atoms with Gasteiger partial charge in [0.25, 0.3) is 5.91 Å². The third-order valence-corrected chi connectivity index (χ3v) is 3.86. The van der Waals surface area contributed by atoms with Crippen LogP contribution in [0.15, 0.2) is 30.6 Å². The van der Waals surface area contributed by atoms with Crippen molar-refractivity contribution in [1.82, 2.24) is 14.9 Å². The predicted octanol–water partition coefficient (Wildman–Crippen LogP) is 2.10. The zero-order valence-electron chi connectivity index (χ0n) is 11.7. The van der Waals surface area contributed by atoms with E-state index >= 15 is 0 Å². The van der Waals surface area contributed by atoms with Gasteiger partial charge >= 0.3 is 0 Å². The number of carbonyl (C=O) groups is 1. The minimum Gasteiger partial charge on any atom is -0.370 e. The topological polar surface area (TPSA) is 55.3 Å². The first-order valence-corrected chi connectivity index (χ1v) is 7.43. The van der Waals surface area contributed by atoms with Crippen LogP contribution in [0.4, 0.5) is 0 Å². The first kappa shape index (κ1) is 14.2. The van der Waals surface area contributed by atoms with E-state index in [9.17, 15) is 4.79 Å². The number of para-hydroxylation sites is 1. The summed E-state index contributed by atoms with van der Waals surface area (Å²) in [6.07, 6.45) is 3.08. The second-order valence-electron chi connectivity index (χ2n) is 5.16. The predicted molar refractivity (Wildman–Crippen MR) is 80.5 cm³/mol. The number of halogens is 1. The Labute approximate surface area is 127 Å². The average molecular weight is 306 g/mol. The second kappa shape index (κ2) is 5.95. The number of hydrogen-bond acceptors (Lipinski definition) is 4. The Balaban J connectivity index is 1.93. The second-order valence-corrected chi connectivity index (χ2v) is 5.47. The molecular weight excluding hydrogens is 290 g/mol. The molecule has 1 amide bonds. The molecule has 1 aromatic carbocycles. The highest BCUT2D eigenvalue weighted by molar-refractivity contribution is 6.18. The Hall–Kier alpha value is -1.72. The quantitative estimate of drug-likeness (QED) is 0.797. The molecule has 1 fully saturated rings. The highest BCUT2D eigenvalue weighted by Gasteiger charge is 2.29. The van der Waals surface area contributed by atoms with Crippen molar-refractivity contribution in [3.8, 4) is 0 Å². The van der Waals surface area contributed by atoms with Crippen molar-refractivity contribution >= 4 is 28.5 Å². The third-order valence-electron chi connectivity index (χ3n) is 3.51. The number of hydrogen-bond donors (Lipinski definition) is 0. The summed E-state index contributed by atoms with van der Waals surface area (Å²) in [4.78, 5) is 23.1. The van der Waals surface area contributed by atoms with Gasteiger partial charge in [-0.25, -0.2) is 0 Å². The van der Waals surface area contributed by atoms with E-state index < -0.39 is 0 Å². The van der Waals surface area contributed by atoms with Gasteiger partial charge in [-0.15, -0.1) is 11.6 Å². The van der Waals surface area contributed by atoms with Crippen LogP contribution in [-0.4, -0.2) is 52.0 Å². The summed E-state index contributed by atoms with van der Waals surface area (Å²) < 4.78 is 5.69. The summed E-state index contributed by atoms with van der Waals surface area (Å²) >= 11 is 5.87. The van der Waals surface area contributed by atoms with Gasteiger partial charge in [0.2, 0.25) is 0 Å². The minimum absolute atomic E-state index is 0.0208. The zero-order valence-corrected chi connectivity index (χ0v) is 12.5. The van der Waals surface area contributed by atoms with E-state index in [0.717, 1.165) is 5.52 Å². The number of benzene rings is 1. The van der Waals surface area contributed by atoms with Crippen LogP contribution in [-0.2, 0) is 4.74 Å². The molecule has 2 aromatic rings. The minimum atomic E-state index is -0.125. The normalized spacial score (nSPS) is 22.5. The number of rotatable bonds is 2. The summed E-state index contributed by atoms with van der Waals surface area (Å²) in [5.74, 6) is 0.329. The smallest absolute Gasteiger partial charge is 0.256 e. The van der Waals surface area contributed by atoms with Crippen molar-refractivity contribution in [2.75, 3.05) is 19.0 Å². The lowest BCUT2D eigenvalue weighted by atomic mass is 10.1. The maximum Gasteiger partial charge on any atom is 0.256 e. The van der Waals surface area contributed by atoms with Gasteiger partial charge in [-0.3, -0.25) is 14.8 Å². The Morgan fingerprint density at radius 2 is 2.19 bits per heavy atom. The van der Waals surface area contributed by atoms with Gasteiger partial charge in [-0.05, 0) is 19.1 Å². The highest BCUT2D eigenvalue weighted by atomic mass is 35.5. The van der Waals surface area contributed by atoms with Crippen molar-refractivity contribution in [3.05, 3.63) is 36.2 Å². The van der Waals surface area contributed by atoms with E-state index in [2.05, 4.69) is 9.97 Å². The van der Waals surface area contributed by atoms with Gasteiger partial charge < -0.3 is 9.64 Å². The molecule has 1 aliphatic heterocycles. The molecule has 2 atom stereocenters. The van der Waals surface area contributed by atoms with Crippen molar-refractivity contribution in [2.24, 2.45) is 0 Å². The maximum atomic E-state index is 12.8. The molecule has 1 aliphatic rings. The Morgan fingerprint density at radius 1 is 1.38 bits per heavy atom. The number of carbonyl (C=O) groups excluding carboxylic acids is 1. The molecule has 0 N–H and O–H groups in total. The fraction of sp³-hybridized carbons (Fsp3) is 0.400. The van der Waals surface area contributed by atoms with E-state index in [-0.39, 0.29) is 18.1 Å². The molecule has 2 heterocycles. The van der Waals surface area contributed by atoms with Gasteiger partial charge in [0.15, 0.2) is 0 Å². The largest absolute Gasteiger partial charge is 0.370 e. The summed E-state index contributed by atoms with van der Waals surface area (Å²) in [6.45, 7) is 3.01.